The van der Waals surface area contributed by atoms with Crippen LogP contribution in [0, 0.1) is 0 Å². The Morgan fingerprint density at radius 2 is 0.947 bits per heavy atom. The number of ether oxygens (including phenoxy) is 4. The summed E-state index contributed by atoms with van der Waals surface area (Å²) in [6.45, 7) is 16.5. The topological polar surface area (TPSA) is 146 Å². The molecule has 2 aliphatic heterocycles. The highest BCUT2D eigenvalue weighted by molar-refractivity contribution is 14.1. The van der Waals surface area contributed by atoms with Crippen LogP contribution in [0.1, 0.15) is 168 Å². The normalized spacial score (nSPS) is 13.9. The number of piperazine rings is 2. The number of carbonyl (C=O) groups is 2. The van der Waals surface area contributed by atoms with E-state index in [1.54, 1.807) is 23.5 Å². The fourth-order valence-corrected chi connectivity index (χ4v) is 14.6. The monoisotopic (exact) mass is 1550 g/mol. The van der Waals surface area contributed by atoms with Gasteiger partial charge in [-0.1, -0.05) is 129 Å². The van der Waals surface area contributed by atoms with E-state index >= 15 is 0 Å². The first kappa shape index (κ1) is 76.1. The van der Waals surface area contributed by atoms with E-state index in [4.69, 9.17) is 18.9 Å². The van der Waals surface area contributed by atoms with Crippen LogP contribution >= 0.6 is 45.3 Å². The first-order valence-electron chi connectivity index (χ1n) is 35.0. The highest BCUT2D eigenvalue weighted by Gasteiger charge is 2.34. The Bertz CT molecular complexity index is 3580. The van der Waals surface area contributed by atoms with Gasteiger partial charge in [-0.15, -0.1) is 22.7 Å². The lowest BCUT2D eigenvalue weighted by molar-refractivity contribution is -0.944. The molecule has 0 radical (unpaired) electrons. The number of aromatic amines is 2. The Labute approximate surface area is 597 Å². The van der Waals surface area contributed by atoms with Gasteiger partial charge in [-0.3, -0.25) is 28.6 Å². The number of unbranched alkanes of at least 4 members (excludes halogenated alkanes) is 18. The second-order valence-electron chi connectivity index (χ2n) is 25.2. The maximum Gasteiger partial charge on any atom is 0.310 e. The number of esters is 2. The van der Waals surface area contributed by atoms with Crippen LogP contribution in [-0.2, 0) is 19.1 Å². The number of anilines is 2. The highest BCUT2D eigenvalue weighted by atomic mass is 127. The minimum absolute atomic E-state index is 0. The molecule has 10 rings (SSSR count). The second-order valence-corrected chi connectivity index (χ2v) is 27.7. The summed E-state index contributed by atoms with van der Waals surface area (Å²) in [4.78, 5) is 60.3. The van der Waals surface area contributed by atoms with Crippen LogP contribution in [0.3, 0.4) is 0 Å². The zero-order chi connectivity index (χ0) is 65.1. The molecule has 2 fully saturated rings. The molecule has 94 heavy (non-hydrogen) atoms. The number of quaternary nitrogens is 1. The number of rotatable bonds is 37. The summed E-state index contributed by atoms with van der Waals surface area (Å²) in [5.74, 6) is 1.48. The van der Waals surface area contributed by atoms with Gasteiger partial charge in [-0.2, -0.15) is 0 Å². The van der Waals surface area contributed by atoms with Crippen LogP contribution in [0.4, 0.5) is 11.4 Å². The maximum absolute atomic E-state index is 12.8. The molecule has 0 amide bonds. The van der Waals surface area contributed by atoms with Crippen molar-refractivity contribution in [2.75, 3.05) is 99.8 Å². The molecule has 0 atom stereocenters. The number of fused-ring (bicyclic) bond motifs is 4. The Balaban J connectivity index is 0.000000224. The first-order chi connectivity index (χ1) is 45.6. The van der Waals surface area contributed by atoms with E-state index in [9.17, 15) is 19.2 Å². The molecule has 2 saturated heterocycles. The first-order valence-corrected chi connectivity index (χ1v) is 38.3. The summed E-state index contributed by atoms with van der Waals surface area (Å²) in [6, 6.07) is 36.1. The molecular formula is C76H104I2N6O8S2. The zero-order valence-electron chi connectivity index (χ0n) is 56.0. The number of nitrogens with one attached hydrogen (secondary N) is 2. The predicted molar refractivity (Wildman–Crippen MR) is 398 cm³/mol. The van der Waals surface area contributed by atoms with Crippen molar-refractivity contribution in [2.45, 2.75) is 168 Å². The molecule has 0 unspecified atom stereocenters. The largest absolute Gasteiger partial charge is 1.00 e. The van der Waals surface area contributed by atoms with E-state index in [1.165, 1.54) is 128 Å². The van der Waals surface area contributed by atoms with Gasteiger partial charge in [0.15, 0.2) is 0 Å². The fourth-order valence-electron chi connectivity index (χ4n) is 12.6. The molecule has 0 aliphatic carbocycles. The fraction of sp³-hybridized carbons (Fsp3) is 0.526. The van der Waals surface area contributed by atoms with Crippen LogP contribution in [0.25, 0.3) is 42.0 Å². The number of benzene rings is 4. The lowest BCUT2D eigenvalue weighted by atomic mass is 10.1. The summed E-state index contributed by atoms with van der Waals surface area (Å²) >= 11 is 5.66. The average molecular weight is 1550 g/mol. The third-order valence-electron chi connectivity index (χ3n) is 18.2. The van der Waals surface area contributed by atoms with Crippen molar-refractivity contribution in [3.63, 3.8) is 0 Å². The number of halogens is 2. The minimum atomic E-state index is -0.111. The van der Waals surface area contributed by atoms with E-state index < -0.39 is 0 Å². The van der Waals surface area contributed by atoms with Gasteiger partial charge in [0.2, 0.25) is 17.8 Å². The molecule has 4 aromatic heterocycles. The van der Waals surface area contributed by atoms with E-state index in [0.717, 1.165) is 148 Å². The number of pyridine rings is 2. The van der Waals surface area contributed by atoms with Gasteiger partial charge in [0.25, 0.3) is 0 Å². The molecule has 8 aromatic rings. The molecule has 0 bridgehead atoms. The molecule has 0 saturated carbocycles. The number of hydrogen-bond donors (Lipinski definition) is 2. The van der Waals surface area contributed by atoms with Gasteiger partial charge < -0.3 is 62.7 Å². The number of aromatic nitrogens is 2. The number of alkyl halides is 1. The number of H-pyrrole nitrogens is 2. The summed E-state index contributed by atoms with van der Waals surface area (Å²) < 4.78 is 26.8. The summed E-state index contributed by atoms with van der Waals surface area (Å²) in [6.07, 6.45) is 27.9. The summed E-state index contributed by atoms with van der Waals surface area (Å²) in [7, 11) is 0. The molecule has 2 N–H and O–H groups in total. The number of thiophene rings is 2. The summed E-state index contributed by atoms with van der Waals surface area (Å²) in [5.41, 5.74) is 4.10. The van der Waals surface area contributed by atoms with Crippen LogP contribution in [-0.4, -0.2) is 121 Å². The van der Waals surface area contributed by atoms with Gasteiger partial charge >= 0.3 is 11.9 Å². The van der Waals surface area contributed by atoms with E-state index in [0.29, 0.717) is 37.4 Å². The van der Waals surface area contributed by atoms with Crippen molar-refractivity contribution in [1.29, 1.82) is 0 Å². The minimum Gasteiger partial charge on any atom is -1.00 e. The van der Waals surface area contributed by atoms with Crippen LogP contribution < -0.4 is 54.4 Å². The van der Waals surface area contributed by atoms with Crippen LogP contribution in [0.15, 0.2) is 130 Å². The summed E-state index contributed by atoms with van der Waals surface area (Å²) in [5, 5.41) is 9.07. The van der Waals surface area contributed by atoms with Gasteiger partial charge in [-0.25, -0.2) is 0 Å². The average Bonchev–Trinajstić information content (AvgIpc) is 1.52. The van der Waals surface area contributed by atoms with Crippen LogP contribution in [0.2, 0.25) is 0 Å². The Kier molecular flexibility index (Phi) is 34.9. The molecule has 14 nitrogen and oxygen atoms in total. The maximum atomic E-state index is 12.8. The molecule has 512 valence electrons. The Hall–Kier alpha value is -5.26. The van der Waals surface area contributed by atoms with Gasteiger partial charge in [-0.05, 0) is 162 Å². The molecule has 2 aliphatic rings. The third kappa shape index (κ3) is 26.0. The smallest absolute Gasteiger partial charge is 0.310 e. The SMILES string of the molecule is CCCCCCCCCCCC(=O)OCI.CCCCCCCCCCCC(=O)OC[N+]1(CCCCOc2ccc3ccc(=O)[nH]c3c2)CCN(c2cccc3sccc23)CC1.O=c1ccc2ccc(OCCCCN3CCN(c4cccc5sccc45)CC3)cc2[nH]1.[I-]. The Morgan fingerprint density at radius 1 is 0.500 bits per heavy atom. The van der Waals surface area contributed by atoms with Crippen molar-refractivity contribution in [1.82, 2.24) is 14.9 Å². The van der Waals surface area contributed by atoms with Crippen molar-refractivity contribution in [3.05, 3.63) is 141 Å². The number of nitrogens with zero attached hydrogens (tertiary/aromatic N) is 4. The lowest BCUT2D eigenvalue weighted by Gasteiger charge is -2.45. The third-order valence-corrected chi connectivity index (χ3v) is 20.3. The number of carbonyl (C=O) groups excluding carboxylic acids is 2. The lowest BCUT2D eigenvalue weighted by Crippen LogP contribution is -3.00. The van der Waals surface area contributed by atoms with Crippen molar-refractivity contribution < 1.29 is 57.0 Å². The van der Waals surface area contributed by atoms with Crippen molar-refractivity contribution >= 4 is 111 Å². The van der Waals surface area contributed by atoms with Gasteiger partial charge in [0, 0.05) is 94.8 Å². The molecular weight excluding hydrogens is 1440 g/mol. The second kappa shape index (κ2) is 43.1. The standard InChI is InChI=1S/C38H51N3O4S.C25H27N3O2S.C13H25IO2.HI/c1-2-3-4-5-6-7-8-9-10-16-38(43)45-30-41(25-22-40(23-26-41)35-14-13-15-36-33(35)21-28-46-36)24-11-12-27-44-32-19-17-31-18-20-37(42)39-34(31)29-32;29-25-9-7-19-6-8-20(18-22(19)26-25)30-16-2-1-11-27-12-14-28(15-13-27)23-4-3-5-24-21(23)10-17-31-24;1-2-3-4-5-6-7-8-9-10-11-13(15)16-12-14;/h13-15,17-21,28-29H,2-12,16,22-27,30H2,1H3;3-10,17-18H,1-2,11-16H2,(H,26,29);2-12H2,1H3;1H. The van der Waals surface area contributed by atoms with E-state index in [-0.39, 0.29) is 47.0 Å². The predicted octanol–water partition coefficient (Wildman–Crippen LogP) is 15.2. The van der Waals surface area contributed by atoms with Crippen molar-refractivity contribution in [2.24, 2.45) is 0 Å². The number of hydrogen-bond acceptors (Lipinski definition) is 13. The van der Waals surface area contributed by atoms with E-state index in [1.807, 2.05) is 82.5 Å². The van der Waals surface area contributed by atoms with Crippen LogP contribution in [0.5, 0.6) is 11.5 Å². The van der Waals surface area contributed by atoms with Crippen molar-refractivity contribution in [3.8, 4) is 11.5 Å². The van der Waals surface area contributed by atoms with E-state index in [2.05, 4.69) is 97.8 Å². The molecule has 0 spiro atoms. The zero-order valence-corrected chi connectivity index (χ0v) is 62.0. The Morgan fingerprint density at radius 3 is 1.44 bits per heavy atom. The quantitative estimate of drug-likeness (QED) is 0.0126. The highest BCUT2D eigenvalue weighted by Crippen LogP contribution is 2.34. The molecule has 4 aromatic carbocycles. The van der Waals surface area contributed by atoms with Gasteiger partial charge in [0.05, 0.1) is 57.0 Å². The molecule has 6 heterocycles. The van der Waals surface area contributed by atoms with Gasteiger partial charge in [0.1, 0.15) is 16.1 Å². The molecule has 18 heteroatoms.